The number of nitrogens with zero attached hydrogens (tertiary/aromatic N) is 1. The molecule has 3 aromatic rings. The minimum atomic E-state index is -3.42. The van der Waals surface area contributed by atoms with Crippen molar-refractivity contribution in [3.63, 3.8) is 0 Å². The van der Waals surface area contributed by atoms with Crippen LogP contribution in [0.1, 0.15) is 15.9 Å². The molecule has 7 nitrogen and oxygen atoms in total. The molecule has 0 unspecified atom stereocenters. The molecule has 166 valence electrons. The van der Waals surface area contributed by atoms with Crippen molar-refractivity contribution >= 4 is 21.6 Å². The number of sulfonamides is 1. The Morgan fingerprint density at radius 3 is 2.28 bits per heavy atom. The summed E-state index contributed by atoms with van der Waals surface area (Å²) in [4.78, 5) is 12.8. The molecule has 1 N–H and O–H groups in total. The fourth-order valence-electron chi connectivity index (χ4n) is 3.35. The van der Waals surface area contributed by atoms with E-state index in [9.17, 15) is 13.2 Å². The van der Waals surface area contributed by atoms with Crippen LogP contribution in [0, 0.1) is 0 Å². The molecule has 4 rings (SSSR count). The standard InChI is InChI=1S/C24H24N2O5S/c27-24(25-22-8-4-5-9-23(22)31-21-6-2-1-3-7-21)20-12-10-19(11-13-20)18-32(28,29)26-14-16-30-17-15-26/h1-13H,14-18H2,(H,25,27). The van der Waals surface area contributed by atoms with Crippen LogP contribution in [-0.2, 0) is 20.5 Å². The van der Waals surface area contributed by atoms with Crippen molar-refractivity contribution in [3.05, 3.63) is 90.0 Å². The maximum absolute atomic E-state index is 12.8. The Hall–Kier alpha value is -3.20. The molecule has 0 saturated carbocycles. The smallest absolute Gasteiger partial charge is 0.255 e. The Morgan fingerprint density at radius 1 is 0.906 bits per heavy atom. The predicted molar refractivity (Wildman–Crippen MR) is 122 cm³/mol. The lowest BCUT2D eigenvalue weighted by molar-refractivity contribution is 0.0729. The highest BCUT2D eigenvalue weighted by Crippen LogP contribution is 2.29. The summed E-state index contributed by atoms with van der Waals surface area (Å²) in [5, 5.41) is 2.86. The fraction of sp³-hybridized carbons (Fsp3) is 0.208. The molecule has 32 heavy (non-hydrogen) atoms. The number of carbonyl (C=O) groups is 1. The van der Waals surface area contributed by atoms with Crippen LogP contribution in [0.15, 0.2) is 78.9 Å². The number of anilines is 1. The third-order valence-electron chi connectivity index (χ3n) is 5.03. The average Bonchev–Trinajstić information content (AvgIpc) is 2.82. The largest absolute Gasteiger partial charge is 0.455 e. The molecule has 8 heteroatoms. The van der Waals surface area contributed by atoms with Gasteiger partial charge in [-0.25, -0.2) is 8.42 Å². The van der Waals surface area contributed by atoms with Gasteiger partial charge in [0.1, 0.15) is 5.75 Å². The van der Waals surface area contributed by atoms with E-state index in [1.54, 1.807) is 36.4 Å². The van der Waals surface area contributed by atoms with Crippen LogP contribution in [0.25, 0.3) is 0 Å². The molecule has 0 aromatic heterocycles. The van der Waals surface area contributed by atoms with Gasteiger partial charge in [-0.2, -0.15) is 4.31 Å². The molecule has 1 amide bonds. The Balaban J connectivity index is 1.42. The second-order valence-electron chi connectivity index (χ2n) is 7.33. The van der Waals surface area contributed by atoms with Gasteiger partial charge >= 0.3 is 0 Å². The van der Waals surface area contributed by atoms with Crippen molar-refractivity contribution < 1.29 is 22.7 Å². The number of rotatable bonds is 7. The lowest BCUT2D eigenvalue weighted by Crippen LogP contribution is -2.41. The van der Waals surface area contributed by atoms with E-state index in [1.165, 1.54) is 4.31 Å². The van der Waals surface area contributed by atoms with E-state index in [0.29, 0.717) is 54.6 Å². The van der Waals surface area contributed by atoms with Gasteiger partial charge in [-0.3, -0.25) is 4.79 Å². The van der Waals surface area contributed by atoms with Gasteiger partial charge in [0, 0.05) is 18.7 Å². The molecule has 0 spiro atoms. The van der Waals surface area contributed by atoms with Crippen molar-refractivity contribution in [1.29, 1.82) is 0 Å². The van der Waals surface area contributed by atoms with Crippen molar-refractivity contribution in [2.24, 2.45) is 0 Å². The predicted octanol–water partition coefficient (Wildman–Crippen LogP) is 3.89. The minimum Gasteiger partial charge on any atom is -0.455 e. The van der Waals surface area contributed by atoms with Gasteiger partial charge in [-0.1, -0.05) is 42.5 Å². The van der Waals surface area contributed by atoms with E-state index in [0.717, 1.165) is 0 Å². The molecule has 1 saturated heterocycles. The third kappa shape index (κ3) is 5.53. The highest BCUT2D eigenvalue weighted by molar-refractivity contribution is 7.88. The molecule has 0 atom stereocenters. The molecule has 0 aliphatic carbocycles. The maximum Gasteiger partial charge on any atom is 0.255 e. The number of hydrogen-bond acceptors (Lipinski definition) is 5. The summed E-state index contributed by atoms with van der Waals surface area (Å²) in [6, 6.07) is 23.1. The lowest BCUT2D eigenvalue weighted by Gasteiger charge is -2.26. The number of ether oxygens (including phenoxy) is 2. The summed E-state index contributed by atoms with van der Waals surface area (Å²) in [5.41, 5.74) is 1.59. The number of nitrogens with one attached hydrogen (secondary N) is 1. The van der Waals surface area contributed by atoms with Gasteiger partial charge in [-0.15, -0.1) is 0 Å². The Labute approximate surface area is 187 Å². The second-order valence-corrected chi connectivity index (χ2v) is 9.30. The number of morpholine rings is 1. The van der Waals surface area contributed by atoms with Gasteiger partial charge < -0.3 is 14.8 Å². The normalized spacial score (nSPS) is 14.6. The number of para-hydroxylation sites is 3. The van der Waals surface area contributed by atoms with Crippen LogP contribution < -0.4 is 10.1 Å². The summed E-state index contributed by atoms with van der Waals surface area (Å²) in [7, 11) is -3.42. The van der Waals surface area contributed by atoms with E-state index in [2.05, 4.69) is 5.32 Å². The Bertz CT molecular complexity index is 1160. The highest BCUT2D eigenvalue weighted by Gasteiger charge is 2.24. The molecule has 1 aliphatic rings. The first-order chi connectivity index (χ1) is 15.5. The molecule has 1 aliphatic heterocycles. The average molecular weight is 453 g/mol. The summed E-state index contributed by atoms with van der Waals surface area (Å²) in [5.74, 6) is 0.778. The van der Waals surface area contributed by atoms with E-state index in [-0.39, 0.29) is 11.7 Å². The second kappa shape index (κ2) is 9.95. The van der Waals surface area contributed by atoms with Crippen LogP contribution in [0.5, 0.6) is 11.5 Å². The first-order valence-electron chi connectivity index (χ1n) is 10.3. The van der Waals surface area contributed by atoms with E-state index < -0.39 is 10.0 Å². The highest BCUT2D eigenvalue weighted by atomic mass is 32.2. The number of hydrogen-bond donors (Lipinski definition) is 1. The molecule has 3 aromatic carbocycles. The van der Waals surface area contributed by atoms with E-state index in [1.807, 2.05) is 42.5 Å². The monoisotopic (exact) mass is 452 g/mol. The molecular formula is C24H24N2O5S. The lowest BCUT2D eigenvalue weighted by atomic mass is 10.1. The van der Waals surface area contributed by atoms with E-state index in [4.69, 9.17) is 9.47 Å². The SMILES string of the molecule is O=C(Nc1ccccc1Oc1ccccc1)c1ccc(CS(=O)(=O)N2CCOCC2)cc1. The van der Waals surface area contributed by atoms with Crippen molar-refractivity contribution in [2.45, 2.75) is 5.75 Å². The third-order valence-corrected chi connectivity index (χ3v) is 6.88. The Morgan fingerprint density at radius 2 is 1.56 bits per heavy atom. The number of amides is 1. The minimum absolute atomic E-state index is 0.108. The first kappa shape index (κ1) is 22.0. The van der Waals surface area contributed by atoms with E-state index >= 15 is 0 Å². The van der Waals surface area contributed by atoms with Crippen LogP contribution in [0.2, 0.25) is 0 Å². The molecule has 1 heterocycles. The summed E-state index contributed by atoms with van der Waals surface area (Å²) in [6.45, 7) is 1.56. The van der Waals surface area contributed by atoms with Crippen molar-refractivity contribution in [3.8, 4) is 11.5 Å². The van der Waals surface area contributed by atoms with Crippen molar-refractivity contribution in [2.75, 3.05) is 31.6 Å². The molecule has 1 fully saturated rings. The summed E-state index contributed by atoms with van der Waals surface area (Å²) in [6.07, 6.45) is 0. The van der Waals surface area contributed by atoms with Crippen LogP contribution in [-0.4, -0.2) is 44.9 Å². The molecule has 0 radical (unpaired) electrons. The van der Waals surface area contributed by atoms with Gasteiger partial charge in [-0.05, 0) is 42.0 Å². The van der Waals surface area contributed by atoms with Gasteiger partial charge in [0.05, 0.1) is 24.7 Å². The zero-order valence-corrected chi connectivity index (χ0v) is 18.3. The zero-order chi connectivity index (χ0) is 22.4. The number of carbonyl (C=O) groups excluding carboxylic acids is 1. The Kier molecular flexibility index (Phi) is 6.84. The molecule has 0 bridgehead atoms. The summed E-state index contributed by atoms with van der Waals surface area (Å²) < 4.78 is 37.7. The van der Waals surface area contributed by atoms with Gasteiger partial charge in [0.15, 0.2) is 5.75 Å². The quantitative estimate of drug-likeness (QED) is 0.588. The topological polar surface area (TPSA) is 84.9 Å². The van der Waals surface area contributed by atoms with Crippen molar-refractivity contribution in [1.82, 2.24) is 4.31 Å². The van der Waals surface area contributed by atoms with Crippen LogP contribution in [0.4, 0.5) is 5.69 Å². The van der Waals surface area contributed by atoms with Gasteiger partial charge in [0.2, 0.25) is 10.0 Å². The fourth-order valence-corrected chi connectivity index (χ4v) is 4.85. The number of benzene rings is 3. The summed E-state index contributed by atoms with van der Waals surface area (Å²) >= 11 is 0. The van der Waals surface area contributed by atoms with Gasteiger partial charge in [0.25, 0.3) is 5.91 Å². The zero-order valence-electron chi connectivity index (χ0n) is 17.4. The van der Waals surface area contributed by atoms with Crippen LogP contribution in [0.3, 0.4) is 0 Å². The first-order valence-corrected chi connectivity index (χ1v) is 11.9. The molecular weight excluding hydrogens is 428 g/mol. The maximum atomic E-state index is 12.8. The van der Waals surface area contributed by atoms with Crippen LogP contribution >= 0.6 is 0 Å².